The Balaban J connectivity index is 1.29. The van der Waals surface area contributed by atoms with E-state index in [0.717, 1.165) is 28.0 Å². The third kappa shape index (κ3) is 3.17. The lowest BCUT2D eigenvalue weighted by Gasteiger charge is -2.28. The smallest absolute Gasteiger partial charge is 0.258 e. The normalized spacial score (nSPS) is 21.4. The lowest BCUT2D eigenvalue weighted by Crippen LogP contribution is -2.33. The van der Waals surface area contributed by atoms with E-state index in [1.807, 2.05) is 42.7 Å². The van der Waals surface area contributed by atoms with Gasteiger partial charge in [-0.15, -0.1) is 0 Å². The molecule has 3 aliphatic rings. The number of allylic oxidation sites excluding steroid dienone is 1. The molecule has 7 nitrogen and oxygen atoms in total. The summed E-state index contributed by atoms with van der Waals surface area (Å²) in [5.41, 5.74) is 11.1. The minimum atomic E-state index is -0.252. The Morgan fingerprint density at radius 3 is 2.69 bits per heavy atom. The second kappa shape index (κ2) is 7.51. The van der Waals surface area contributed by atoms with Crippen LogP contribution in [0.5, 0.6) is 0 Å². The molecule has 1 aromatic heterocycles. The number of rotatable bonds is 4. The average Bonchev–Trinajstić information content (AvgIpc) is 3.58. The van der Waals surface area contributed by atoms with Crippen LogP contribution >= 0.6 is 0 Å². The maximum absolute atomic E-state index is 13.4. The highest BCUT2D eigenvalue weighted by atomic mass is 19.1. The van der Waals surface area contributed by atoms with Crippen molar-refractivity contribution in [3.8, 4) is 11.5 Å². The van der Waals surface area contributed by atoms with Crippen LogP contribution in [0.1, 0.15) is 17.4 Å². The van der Waals surface area contributed by atoms with Crippen molar-refractivity contribution in [2.24, 2.45) is 0 Å². The number of hydrazine groups is 1. The molecule has 3 aliphatic heterocycles. The van der Waals surface area contributed by atoms with Crippen LogP contribution in [-0.2, 0) is 0 Å². The predicted octanol–water partition coefficient (Wildman–Crippen LogP) is 3.59. The molecule has 0 spiro atoms. The predicted molar refractivity (Wildman–Crippen MR) is 117 cm³/mol. The molecule has 3 N–H and O–H groups in total. The van der Waals surface area contributed by atoms with Crippen molar-refractivity contribution in [1.82, 2.24) is 31.2 Å². The first-order chi connectivity index (χ1) is 15.8. The van der Waals surface area contributed by atoms with Crippen LogP contribution in [0.25, 0.3) is 17.2 Å². The molecule has 0 amide bonds. The largest absolute Gasteiger partial charge is 0.366 e. The zero-order valence-electron chi connectivity index (χ0n) is 16.9. The SMILES string of the molecule is Fc1ccc(C2NNC=C2C2=CN3C(c4noc(-c5ccccc5)n4)=CNC3C=C2)cc1. The quantitative estimate of drug-likeness (QED) is 0.588. The second-order valence-electron chi connectivity index (χ2n) is 7.65. The van der Waals surface area contributed by atoms with Crippen molar-refractivity contribution in [3.05, 3.63) is 114 Å². The number of nitrogens with one attached hydrogen (secondary N) is 3. The summed E-state index contributed by atoms with van der Waals surface area (Å²) in [4.78, 5) is 6.67. The van der Waals surface area contributed by atoms with E-state index in [1.165, 1.54) is 12.1 Å². The molecule has 0 saturated carbocycles. The van der Waals surface area contributed by atoms with Crippen molar-refractivity contribution >= 4 is 5.70 Å². The van der Waals surface area contributed by atoms with E-state index >= 15 is 0 Å². The van der Waals surface area contributed by atoms with E-state index in [2.05, 4.69) is 49.6 Å². The van der Waals surface area contributed by atoms with E-state index in [9.17, 15) is 4.39 Å². The Hall–Kier alpha value is -4.17. The zero-order chi connectivity index (χ0) is 21.5. The first-order valence-corrected chi connectivity index (χ1v) is 10.3. The van der Waals surface area contributed by atoms with Crippen LogP contribution in [0.15, 0.2) is 101 Å². The van der Waals surface area contributed by atoms with Gasteiger partial charge >= 0.3 is 0 Å². The van der Waals surface area contributed by atoms with Gasteiger partial charge in [-0.2, -0.15) is 4.98 Å². The third-order valence-electron chi connectivity index (χ3n) is 5.68. The van der Waals surface area contributed by atoms with Gasteiger partial charge in [0.2, 0.25) is 5.82 Å². The maximum Gasteiger partial charge on any atom is 0.258 e. The summed E-state index contributed by atoms with van der Waals surface area (Å²) in [5.74, 6) is 0.735. The Bertz CT molecular complexity index is 1280. The summed E-state index contributed by atoms with van der Waals surface area (Å²) in [5, 5.41) is 7.53. The van der Waals surface area contributed by atoms with Crippen molar-refractivity contribution in [2.45, 2.75) is 12.2 Å². The summed E-state index contributed by atoms with van der Waals surface area (Å²) in [6.45, 7) is 0. The number of hydrogen-bond donors (Lipinski definition) is 3. The van der Waals surface area contributed by atoms with Crippen molar-refractivity contribution in [2.75, 3.05) is 0 Å². The van der Waals surface area contributed by atoms with Gasteiger partial charge in [0.25, 0.3) is 5.89 Å². The molecule has 0 radical (unpaired) electrons. The molecule has 3 aromatic rings. The van der Waals surface area contributed by atoms with Crippen molar-refractivity contribution in [1.29, 1.82) is 0 Å². The van der Waals surface area contributed by atoms with Crippen LogP contribution in [0.2, 0.25) is 0 Å². The molecule has 32 heavy (non-hydrogen) atoms. The average molecular weight is 426 g/mol. The number of nitrogens with zero attached hydrogens (tertiary/aromatic N) is 3. The fourth-order valence-electron chi connectivity index (χ4n) is 4.06. The standard InChI is InChI=1S/C24H19FN6O/c25-18-9-6-15(7-10-18)22-19(12-27-29-22)17-8-11-21-26-13-20(31(21)14-17)23-28-24(32-30-23)16-4-2-1-3-5-16/h1-14,21-22,26-27,29H. The van der Waals surface area contributed by atoms with E-state index < -0.39 is 0 Å². The highest BCUT2D eigenvalue weighted by Crippen LogP contribution is 2.35. The van der Waals surface area contributed by atoms with Gasteiger partial charge < -0.3 is 20.2 Å². The number of fused-ring (bicyclic) bond motifs is 1. The molecule has 4 heterocycles. The molecule has 6 rings (SSSR count). The zero-order valence-corrected chi connectivity index (χ0v) is 16.9. The second-order valence-corrected chi connectivity index (χ2v) is 7.65. The van der Waals surface area contributed by atoms with Gasteiger partial charge in [-0.05, 0) is 41.5 Å². The van der Waals surface area contributed by atoms with Crippen LogP contribution in [0, 0.1) is 5.82 Å². The molecule has 2 atom stereocenters. The van der Waals surface area contributed by atoms with Crippen LogP contribution in [0.4, 0.5) is 4.39 Å². The number of aromatic nitrogens is 2. The first-order valence-electron chi connectivity index (χ1n) is 10.3. The van der Waals surface area contributed by atoms with Crippen molar-refractivity contribution < 1.29 is 8.91 Å². The molecule has 0 fully saturated rings. The van der Waals surface area contributed by atoms with Crippen LogP contribution < -0.4 is 16.2 Å². The van der Waals surface area contributed by atoms with E-state index in [-0.39, 0.29) is 18.0 Å². The summed E-state index contributed by atoms with van der Waals surface area (Å²) in [7, 11) is 0. The lowest BCUT2D eigenvalue weighted by molar-refractivity contribution is 0.414. The first kappa shape index (κ1) is 18.6. The molecular weight excluding hydrogens is 407 g/mol. The van der Waals surface area contributed by atoms with E-state index in [4.69, 9.17) is 4.52 Å². The lowest BCUT2D eigenvalue weighted by atomic mass is 9.93. The molecule has 2 aromatic carbocycles. The third-order valence-corrected chi connectivity index (χ3v) is 5.68. The Morgan fingerprint density at radius 1 is 1.00 bits per heavy atom. The van der Waals surface area contributed by atoms with E-state index in [0.29, 0.717) is 11.7 Å². The summed E-state index contributed by atoms with van der Waals surface area (Å²) in [6.07, 6.45) is 10.0. The molecule has 158 valence electrons. The molecule has 2 unspecified atom stereocenters. The Kier molecular flexibility index (Phi) is 4.36. The van der Waals surface area contributed by atoms with Gasteiger partial charge in [-0.1, -0.05) is 41.6 Å². The van der Waals surface area contributed by atoms with Gasteiger partial charge in [0.05, 0.1) is 6.04 Å². The van der Waals surface area contributed by atoms with Gasteiger partial charge in [0, 0.05) is 29.7 Å². The molecule has 8 heteroatoms. The fraction of sp³-hybridized carbons (Fsp3) is 0.0833. The van der Waals surface area contributed by atoms with Gasteiger partial charge in [0.15, 0.2) is 0 Å². The minimum absolute atomic E-state index is 0.0281. The number of hydrogen-bond acceptors (Lipinski definition) is 7. The molecule has 0 aliphatic carbocycles. The fourth-order valence-corrected chi connectivity index (χ4v) is 4.06. The summed E-state index contributed by atoms with van der Waals surface area (Å²) in [6, 6.07) is 16.1. The molecule has 0 bridgehead atoms. The highest BCUT2D eigenvalue weighted by molar-refractivity contribution is 5.66. The maximum atomic E-state index is 13.4. The Morgan fingerprint density at radius 2 is 1.84 bits per heavy atom. The molecule has 0 saturated heterocycles. The summed E-state index contributed by atoms with van der Waals surface area (Å²) >= 11 is 0. The minimum Gasteiger partial charge on any atom is -0.366 e. The summed E-state index contributed by atoms with van der Waals surface area (Å²) < 4.78 is 18.9. The van der Waals surface area contributed by atoms with Crippen LogP contribution in [-0.4, -0.2) is 21.2 Å². The monoisotopic (exact) mass is 426 g/mol. The number of halogens is 1. The Labute approximate surface area is 183 Å². The van der Waals surface area contributed by atoms with Crippen LogP contribution in [0.3, 0.4) is 0 Å². The van der Waals surface area contributed by atoms with Gasteiger partial charge in [-0.3, -0.25) is 0 Å². The number of benzene rings is 2. The van der Waals surface area contributed by atoms with E-state index in [1.54, 1.807) is 12.1 Å². The molecular formula is C24H19FN6O. The topological polar surface area (TPSA) is 78.2 Å². The highest BCUT2D eigenvalue weighted by Gasteiger charge is 2.31. The van der Waals surface area contributed by atoms with Gasteiger partial charge in [-0.25, -0.2) is 9.82 Å². The van der Waals surface area contributed by atoms with Crippen molar-refractivity contribution in [3.63, 3.8) is 0 Å². The van der Waals surface area contributed by atoms with Gasteiger partial charge in [0.1, 0.15) is 17.7 Å².